The summed E-state index contributed by atoms with van der Waals surface area (Å²) in [4.78, 5) is 4.82. The highest BCUT2D eigenvalue weighted by atomic mass is 16.5. The normalized spacial score (nSPS) is 27.6. The third kappa shape index (κ3) is 2.31. The second-order valence-electron chi connectivity index (χ2n) is 7.34. The van der Waals surface area contributed by atoms with E-state index in [-0.39, 0.29) is 5.41 Å². The van der Waals surface area contributed by atoms with Gasteiger partial charge in [-0.2, -0.15) is 10.1 Å². The van der Waals surface area contributed by atoms with Gasteiger partial charge in [0.25, 0.3) is 0 Å². The fourth-order valence-corrected chi connectivity index (χ4v) is 4.31. The topological polar surface area (TPSA) is 68.8 Å². The molecule has 2 aliphatic rings. The van der Waals surface area contributed by atoms with Crippen molar-refractivity contribution >= 4 is 0 Å². The molecule has 2 aromatic heterocycles. The average Bonchev–Trinajstić information content (AvgIpc) is 3.24. The van der Waals surface area contributed by atoms with Crippen LogP contribution in [0.25, 0.3) is 11.4 Å². The van der Waals surface area contributed by atoms with Crippen molar-refractivity contribution < 1.29 is 4.52 Å². The van der Waals surface area contributed by atoms with Crippen molar-refractivity contribution in [3.8, 4) is 11.4 Å². The predicted octanol–water partition coefficient (Wildman–Crippen LogP) is 2.77. The van der Waals surface area contributed by atoms with Crippen LogP contribution in [0.5, 0.6) is 0 Å². The van der Waals surface area contributed by atoms with Gasteiger partial charge in [-0.25, -0.2) is 0 Å². The second-order valence-corrected chi connectivity index (χ2v) is 7.34. The zero-order valence-corrected chi connectivity index (χ0v) is 14.2. The van der Waals surface area contributed by atoms with Gasteiger partial charge in [0.05, 0.1) is 16.7 Å². The van der Waals surface area contributed by atoms with Crippen molar-refractivity contribution in [3.05, 3.63) is 17.8 Å². The van der Waals surface area contributed by atoms with Gasteiger partial charge in [-0.3, -0.25) is 4.68 Å². The summed E-state index contributed by atoms with van der Waals surface area (Å²) in [6.45, 7) is 5.33. The maximum Gasteiger partial charge on any atom is 0.234 e. The van der Waals surface area contributed by atoms with Crippen LogP contribution in [0.15, 0.2) is 10.7 Å². The largest absolute Gasteiger partial charge is 0.338 e. The van der Waals surface area contributed by atoms with E-state index in [9.17, 15) is 0 Å². The Morgan fingerprint density at radius 3 is 3.04 bits per heavy atom. The molecule has 6 nitrogen and oxygen atoms in total. The van der Waals surface area contributed by atoms with Gasteiger partial charge >= 0.3 is 0 Å². The van der Waals surface area contributed by atoms with E-state index in [0.29, 0.717) is 17.8 Å². The highest BCUT2D eigenvalue weighted by molar-refractivity contribution is 5.57. The lowest BCUT2D eigenvalue weighted by Gasteiger charge is -2.35. The number of fused-ring (bicyclic) bond motifs is 1. The summed E-state index contributed by atoms with van der Waals surface area (Å²) >= 11 is 0. The molecule has 1 N–H and O–H groups in total. The van der Waals surface area contributed by atoms with Crippen LogP contribution in [0, 0.1) is 0 Å². The minimum atomic E-state index is 0.0453. The zero-order valence-electron chi connectivity index (χ0n) is 14.2. The van der Waals surface area contributed by atoms with Gasteiger partial charge in [0, 0.05) is 19.3 Å². The maximum atomic E-state index is 5.77. The molecule has 0 spiro atoms. The lowest BCUT2D eigenvalue weighted by atomic mass is 9.70. The molecule has 0 amide bonds. The summed E-state index contributed by atoms with van der Waals surface area (Å²) in [7, 11) is 1.94. The molecule has 2 aromatic rings. The molecule has 4 rings (SSSR count). The molecular weight excluding hydrogens is 290 g/mol. The van der Waals surface area contributed by atoms with Gasteiger partial charge in [0.1, 0.15) is 0 Å². The highest BCUT2D eigenvalue weighted by Gasteiger charge is 2.49. The van der Waals surface area contributed by atoms with Crippen LogP contribution in [0.3, 0.4) is 0 Å². The van der Waals surface area contributed by atoms with Crippen LogP contribution in [0.1, 0.15) is 63.5 Å². The summed E-state index contributed by atoms with van der Waals surface area (Å²) in [5.74, 6) is 1.84. The van der Waals surface area contributed by atoms with Crippen LogP contribution in [-0.4, -0.2) is 32.5 Å². The third-order valence-corrected chi connectivity index (χ3v) is 5.49. The molecule has 0 radical (unpaired) electrons. The van der Waals surface area contributed by atoms with E-state index in [4.69, 9.17) is 9.51 Å². The van der Waals surface area contributed by atoms with Crippen LogP contribution in [0.2, 0.25) is 0 Å². The number of hydrogen-bond donors (Lipinski definition) is 1. The molecule has 0 bridgehead atoms. The van der Waals surface area contributed by atoms with Gasteiger partial charge in [-0.05, 0) is 31.7 Å². The Labute approximate surface area is 136 Å². The van der Waals surface area contributed by atoms with Crippen molar-refractivity contribution in [2.45, 2.75) is 63.3 Å². The summed E-state index contributed by atoms with van der Waals surface area (Å²) in [6.07, 6.45) is 8.00. The molecule has 1 saturated carbocycles. The van der Waals surface area contributed by atoms with E-state index in [0.717, 1.165) is 36.5 Å². The minimum absolute atomic E-state index is 0.0453. The number of nitrogens with zero attached hydrogens (tertiary/aromatic N) is 4. The van der Waals surface area contributed by atoms with Crippen molar-refractivity contribution in [1.29, 1.82) is 0 Å². The molecule has 0 aromatic carbocycles. The molecule has 23 heavy (non-hydrogen) atoms. The summed E-state index contributed by atoms with van der Waals surface area (Å²) in [5.41, 5.74) is 2.07. The van der Waals surface area contributed by atoms with E-state index in [1.807, 2.05) is 17.9 Å². The lowest BCUT2D eigenvalue weighted by Crippen LogP contribution is -2.43. The standard InChI is InChI=1S/C17H25N5O/c1-11(2)14-12(10-22(3)20-14)15-19-16(23-21-15)17-7-5-4-6-13(17)18-9-8-17/h10-11,13,18H,4-9H2,1-3H3/t13-,17+/m0/s1. The van der Waals surface area contributed by atoms with Gasteiger partial charge in [0.2, 0.25) is 11.7 Å². The highest BCUT2D eigenvalue weighted by Crippen LogP contribution is 2.45. The van der Waals surface area contributed by atoms with Crippen molar-refractivity contribution in [3.63, 3.8) is 0 Å². The molecular formula is C17H25N5O. The Hall–Kier alpha value is -1.69. The molecule has 0 unspecified atom stereocenters. The number of aryl methyl sites for hydroxylation is 1. The number of hydrogen-bond acceptors (Lipinski definition) is 5. The van der Waals surface area contributed by atoms with Crippen molar-refractivity contribution in [2.24, 2.45) is 7.05 Å². The molecule has 124 valence electrons. The molecule has 6 heteroatoms. The fourth-order valence-electron chi connectivity index (χ4n) is 4.31. The van der Waals surface area contributed by atoms with Crippen LogP contribution >= 0.6 is 0 Å². The van der Waals surface area contributed by atoms with E-state index in [1.165, 1.54) is 19.3 Å². The van der Waals surface area contributed by atoms with Crippen LogP contribution < -0.4 is 5.32 Å². The molecule has 2 fully saturated rings. The average molecular weight is 315 g/mol. The lowest BCUT2D eigenvalue weighted by molar-refractivity contribution is 0.199. The molecule has 1 aliphatic heterocycles. The Kier molecular flexibility index (Phi) is 3.52. The Morgan fingerprint density at radius 2 is 2.22 bits per heavy atom. The first-order chi connectivity index (χ1) is 11.1. The molecule has 1 saturated heterocycles. The van der Waals surface area contributed by atoms with Crippen molar-refractivity contribution in [2.75, 3.05) is 6.54 Å². The smallest absolute Gasteiger partial charge is 0.234 e. The first-order valence-electron chi connectivity index (χ1n) is 8.71. The third-order valence-electron chi connectivity index (χ3n) is 5.49. The Bertz CT molecular complexity index is 704. The Morgan fingerprint density at radius 1 is 1.35 bits per heavy atom. The van der Waals surface area contributed by atoms with Gasteiger partial charge in [-0.1, -0.05) is 31.8 Å². The summed E-state index contributed by atoms with van der Waals surface area (Å²) < 4.78 is 7.60. The molecule has 2 atom stereocenters. The van der Waals surface area contributed by atoms with Crippen molar-refractivity contribution in [1.82, 2.24) is 25.2 Å². The SMILES string of the molecule is CC(C)c1nn(C)cc1-c1noc([C@@]23CCCC[C@@H]2NCC3)n1. The maximum absolute atomic E-state index is 5.77. The van der Waals surface area contributed by atoms with Gasteiger partial charge in [-0.15, -0.1) is 0 Å². The number of nitrogens with one attached hydrogen (secondary N) is 1. The van der Waals surface area contributed by atoms with Gasteiger partial charge < -0.3 is 9.84 Å². The molecule has 3 heterocycles. The first kappa shape index (κ1) is 14.9. The van der Waals surface area contributed by atoms with E-state index >= 15 is 0 Å². The summed E-state index contributed by atoms with van der Waals surface area (Å²) in [6, 6.07) is 0.489. The van der Waals surface area contributed by atoms with E-state index in [1.54, 1.807) is 0 Å². The first-order valence-corrected chi connectivity index (χ1v) is 8.71. The molecule has 1 aliphatic carbocycles. The number of aromatic nitrogens is 4. The number of rotatable bonds is 3. The predicted molar refractivity (Wildman–Crippen MR) is 87.1 cm³/mol. The monoisotopic (exact) mass is 315 g/mol. The minimum Gasteiger partial charge on any atom is -0.338 e. The fraction of sp³-hybridized carbons (Fsp3) is 0.706. The van der Waals surface area contributed by atoms with E-state index in [2.05, 4.69) is 29.4 Å². The van der Waals surface area contributed by atoms with E-state index < -0.39 is 0 Å². The Balaban J connectivity index is 1.72. The second kappa shape index (κ2) is 5.44. The van der Waals surface area contributed by atoms with Crippen LogP contribution in [-0.2, 0) is 12.5 Å². The summed E-state index contributed by atoms with van der Waals surface area (Å²) in [5, 5.41) is 12.5. The van der Waals surface area contributed by atoms with Crippen LogP contribution in [0.4, 0.5) is 0 Å². The van der Waals surface area contributed by atoms with Gasteiger partial charge in [0.15, 0.2) is 0 Å². The zero-order chi connectivity index (χ0) is 16.0. The quantitative estimate of drug-likeness (QED) is 0.943.